The Morgan fingerprint density at radius 3 is 1.67 bits per heavy atom. The Morgan fingerprint density at radius 1 is 0.565 bits per heavy atom. The molecule has 0 aromatic heterocycles. The summed E-state index contributed by atoms with van der Waals surface area (Å²) in [5.41, 5.74) is 4.15. The maximum atomic E-state index is 14.3. The Kier molecular flexibility index (Phi) is 20.1. The maximum Gasteiger partial charge on any atom is 0.416 e. The van der Waals surface area contributed by atoms with Crippen molar-refractivity contribution in [1.29, 1.82) is 0 Å². The lowest BCUT2D eigenvalue weighted by molar-refractivity contribution is -0.192. The van der Waals surface area contributed by atoms with Crippen LogP contribution in [0, 0.1) is 17.5 Å². The number of phenols is 1. The van der Waals surface area contributed by atoms with E-state index in [4.69, 9.17) is 11.6 Å². The van der Waals surface area contributed by atoms with E-state index in [0.29, 0.717) is 17.1 Å². The highest BCUT2D eigenvalue weighted by Gasteiger charge is 2.53. The zero-order chi connectivity index (χ0) is 65.5. The number of para-hydroxylation sites is 1. The molecule has 4 atom stereocenters. The van der Waals surface area contributed by atoms with E-state index in [2.05, 4.69) is 10.6 Å². The lowest BCUT2D eigenvalue weighted by atomic mass is 9.98. The molecular weight excluding hydrogens is 1220 g/mol. The molecule has 4 heterocycles. The van der Waals surface area contributed by atoms with Gasteiger partial charge in [-0.3, -0.25) is 19.2 Å². The lowest BCUT2D eigenvalue weighted by Gasteiger charge is -2.55. The minimum atomic E-state index is -4.64. The van der Waals surface area contributed by atoms with Gasteiger partial charge in [-0.05, 0) is 93.5 Å². The molecule has 0 aliphatic carbocycles. The fourth-order valence-corrected chi connectivity index (χ4v) is 12.4. The van der Waals surface area contributed by atoms with Crippen molar-refractivity contribution in [2.24, 2.45) is 0 Å². The van der Waals surface area contributed by atoms with Gasteiger partial charge in [0.25, 0.3) is 0 Å². The number of rotatable bonds is 15. The van der Waals surface area contributed by atoms with Gasteiger partial charge in [-0.15, -0.1) is 0 Å². The molecule has 0 saturated carbocycles. The highest BCUT2D eigenvalue weighted by Crippen LogP contribution is 2.36. The molecule has 4 fully saturated rings. The first-order valence-corrected chi connectivity index (χ1v) is 29.8. The van der Waals surface area contributed by atoms with Crippen LogP contribution in [0.1, 0.15) is 44.5 Å². The number of phenolic OH excluding ortho intramolecular Hbond substituents is 1. The third kappa shape index (κ3) is 15.0. The van der Waals surface area contributed by atoms with E-state index in [1.54, 1.807) is 81.5 Å². The van der Waals surface area contributed by atoms with Crippen LogP contribution in [0.25, 0.3) is 0 Å². The normalized spacial score (nSPS) is 18.7. The zero-order valence-electron chi connectivity index (χ0n) is 50.3. The van der Waals surface area contributed by atoms with Crippen molar-refractivity contribution >= 4 is 53.0 Å². The topological polar surface area (TPSA) is 176 Å². The van der Waals surface area contributed by atoms with Crippen LogP contribution in [0.3, 0.4) is 0 Å². The third-order valence-electron chi connectivity index (χ3n) is 16.3. The van der Waals surface area contributed by atoms with Gasteiger partial charge in [-0.25, -0.2) is 42.8 Å². The van der Waals surface area contributed by atoms with Gasteiger partial charge >= 0.3 is 18.2 Å². The number of aromatic hydroxyl groups is 1. The summed E-state index contributed by atoms with van der Waals surface area (Å²) >= 11 is 6.54. The van der Waals surface area contributed by atoms with E-state index < -0.39 is 71.5 Å². The second-order valence-electron chi connectivity index (χ2n) is 22.9. The molecule has 3 N–H and O–H groups in total. The van der Waals surface area contributed by atoms with Crippen molar-refractivity contribution in [3.63, 3.8) is 0 Å². The number of nitrogens with one attached hydrogen (secondary N) is 2. The zero-order valence-corrected chi connectivity index (χ0v) is 51.1. The van der Waals surface area contributed by atoms with E-state index in [-0.39, 0.29) is 99.9 Å². The number of hydrazine groups is 2. The summed E-state index contributed by atoms with van der Waals surface area (Å²) in [6.45, 7) is -0.216. The molecule has 0 unspecified atom stereocenters. The number of hydrogen-bond acceptors (Lipinski definition) is 10. The highest BCUT2D eigenvalue weighted by atomic mass is 35.5. The number of likely N-dealkylation sites (N-methyl/N-ethyl adjacent to an activating group) is 1. The number of carbonyl (C=O) groups excluding carboxylic acids is 6. The molecule has 4 aliphatic rings. The summed E-state index contributed by atoms with van der Waals surface area (Å²) < 4.78 is 82.6. The Labute approximate surface area is 532 Å². The Balaban J connectivity index is 0.000000205. The van der Waals surface area contributed by atoms with Crippen molar-refractivity contribution in [1.82, 2.24) is 50.3 Å². The summed E-state index contributed by atoms with van der Waals surface area (Å²) in [4.78, 5) is 91.2. The molecular formula is C67H66ClF6N11O7. The van der Waals surface area contributed by atoms with Crippen LogP contribution in [0.5, 0.6) is 5.75 Å². The summed E-state index contributed by atoms with van der Waals surface area (Å²) in [5, 5.41) is 22.1. The Morgan fingerprint density at radius 2 is 1.09 bits per heavy atom. The standard InChI is InChI=1S/C36H31F6N5O3.C31H35ClN6O4/c37-28-12-9-24(10-13-28)20-45-22-33(48)46-31(17-25-11-14-29(38)30(39)16-25)34(49)44(19-26-7-4-8-27(15-26)36(40,41)42)21-32(46)47(45)35(50)43-18-23-5-2-1-3-6-23;1-34(2)29-23(10-7-11-25(29)32)18-36-19-27-37(26(30(36)41)16-21-12-14-24(39)15-13-21)28(40)20-35(3)38(27)31(42)33-17-22-8-5-4-6-9-22/h1-16,31-32H,17-22H2,(H,43,50);4-15,26-27,39H,16-20H2,1-3H3,(H,33,42)/t31-,32-;26-,27-/m00/s1. The van der Waals surface area contributed by atoms with Crippen LogP contribution in [0.15, 0.2) is 170 Å². The molecule has 0 spiro atoms. The third-order valence-corrected chi connectivity index (χ3v) is 16.6. The molecule has 25 heteroatoms. The quantitative estimate of drug-likeness (QED) is 0.0840. The van der Waals surface area contributed by atoms with Gasteiger partial charge in [-0.2, -0.15) is 13.2 Å². The second kappa shape index (κ2) is 28.3. The predicted molar refractivity (Wildman–Crippen MR) is 329 cm³/mol. The van der Waals surface area contributed by atoms with Crippen molar-refractivity contribution < 1.29 is 60.2 Å². The van der Waals surface area contributed by atoms with Crippen LogP contribution in [-0.2, 0) is 70.9 Å². The molecule has 4 saturated heterocycles. The average Bonchev–Trinajstić information content (AvgIpc) is 0.753. The van der Waals surface area contributed by atoms with E-state index >= 15 is 0 Å². The minimum absolute atomic E-state index is 0.00939. The van der Waals surface area contributed by atoms with E-state index in [1.165, 1.54) is 62.3 Å². The van der Waals surface area contributed by atoms with Crippen LogP contribution >= 0.6 is 11.6 Å². The van der Waals surface area contributed by atoms with Gasteiger partial charge in [0.15, 0.2) is 11.6 Å². The SMILES string of the molecule is CN(C)c1c(Cl)cccc1CN1C[C@H]2N(C(=O)CN(C)N2C(=O)NCc2ccccc2)[C@@H](Cc2ccc(O)cc2)C1=O.O=C1[C@H](Cc2ccc(F)c(F)c2)N2C(=O)CN(Cc3ccc(F)cc3)N(C(=O)NCc3ccccc3)[C@H]2CN1Cc1cccc(C(F)(F)F)c1. The molecule has 7 aromatic rings. The Bertz CT molecular complexity index is 3820. The summed E-state index contributed by atoms with van der Waals surface area (Å²) in [7, 11) is 5.49. The number of nitrogens with zero attached hydrogens (tertiary/aromatic N) is 9. The van der Waals surface area contributed by atoms with Crippen LogP contribution < -0.4 is 15.5 Å². The summed E-state index contributed by atoms with van der Waals surface area (Å²) in [5.74, 6) is -4.29. The smallest absolute Gasteiger partial charge is 0.416 e. The largest absolute Gasteiger partial charge is 0.508 e. The monoisotopic (exact) mass is 1290 g/mol. The number of hydrogen-bond donors (Lipinski definition) is 3. The molecule has 480 valence electrons. The first-order valence-electron chi connectivity index (χ1n) is 29.5. The lowest BCUT2D eigenvalue weighted by Crippen LogP contribution is -2.76. The van der Waals surface area contributed by atoms with Gasteiger partial charge in [0.05, 0.1) is 42.5 Å². The highest BCUT2D eigenvalue weighted by molar-refractivity contribution is 6.33. The number of alkyl halides is 3. The average molecular weight is 1290 g/mol. The van der Waals surface area contributed by atoms with Gasteiger partial charge in [0, 0.05) is 66.7 Å². The first-order chi connectivity index (χ1) is 44.0. The van der Waals surface area contributed by atoms with Gasteiger partial charge in [0.1, 0.15) is 36.0 Å². The Hall–Kier alpha value is -9.65. The number of urea groups is 2. The van der Waals surface area contributed by atoms with Crippen molar-refractivity contribution in [3.05, 3.63) is 237 Å². The maximum absolute atomic E-state index is 14.3. The number of piperazine rings is 2. The molecule has 11 rings (SSSR count). The number of amides is 8. The first kappa shape index (κ1) is 65.3. The van der Waals surface area contributed by atoms with E-state index in [0.717, 1.165) is 52.2 Å². The van der Waals surface area contributed by atoms with Gasteiger partial charge < -0.3 is 40.2 Å². The number of anilines is 1. The van der Waals surface area contributed by atoms with Crippen LogP contribution in [0.2, 0.25) is 5.02 Å². The number of fused-ring (bicyclic) bond motifs is 2. The molecule has 7 aromatic carbocycles. The molecule has 8 amide bonds. The summed E-state index contributed by atoms with van der Waals surface area (Å²) in [6, 6.07) is 40.6. The molecule has 0 bridgehead atoms. The molecule has 4 aliphatic heterocycles. The molecule has 0 radical (unpaired) electrons. The second-order valence-corrected chi connectivity index (χ2v) is 23.3. The number of carbonyl (C=O) groups is 6. The molecule has 18 nitrogen and oxygen atoms in total. The van der Waals surface area contributed by atoms with E-state index in [9.17, 15) is 60.2 Å². The number of benzene rings is 7. The molecule has 92 heavy (non-hydrogen) atoms. The number of halogens is 7. The van der Waals surface area contributed by atoms with Crippen molar-refractivity contribution in [3.8, 4) is 5.75 Å². The minimum Gasteiger partial charge on any atom is -0.508 e. The van der Waals surface area contributed by atoms with Gasteiger partial charge in [0.2, 0.25) is 23.6 Å². The van der Waals surface area contributed by atoms with Crippen LogP contribution in [-0.4, -0.2) is 152 Å². The van der Waals surface area contributed by atoms with Gasteiger partial charge in [-0.1, -0.05) is 127 Å². The fourth-order valence-electron chi connectivity index (χ4n) is 12.0. The van der Waals surface area contributed by atoms with E-state index in [1.807, 2.05) is 67.5 Å². The summed E-state index contributed by atoms with van der Waals surface area (Å²) in [6.07, 6.45) is -6.57. The predicted octanol–water partition coefficient (Wildman–Crippen LogP) is 9.17. The van der Waals surface area contributed by atoms with Crippen molar-refractivity contribution in [2.75, 3.05) is 52.2 Å². The fraction of sp³-hybridized carbons (Fsp3) is 0.284. The van der Waals surface area contributed by atoms with Crippen molar-refractivity contribution in [2.45, 2.75) is 76.2 Å². The van der Waals surface area contributed by atoms with Crippen LogP contribution in [0.4, 0.5) is 41.6 Å².